The SMILES string of the molecule is O=Cc1ccc(N2CCN(CC3CCN(C=O)CC3)CC2)cc1C=O. The fourth-order valence-corrected chi connectivity index (χ4v) is 3.76. The van der Waals surface area contributed by atoms with Gasteiger partial charge in [0.1, 0.15) is 0 Å². The van der Waals surface area contributed by atoms with Gasteiger partial charge in [-0.25, -0.2) is 0 Å². The van der Waals surface area contributed by atoms with E-state index in [9.17, 15) is 14.4 Å². The molecule has 0 radical (unpaired) electrons. The number of nitrogens with zero attached hydrogens (tertiary/aromatic N) is 3. The summed E-state index contributed by atoms with van der Waals surface area (Å²) in [5.74, 6) is 0.677. The van der Waals surface area contributed by atoms with Crippen molar-refractivity contribution >= 4 is 24.7 Å². The number of likely N-dealkylation sites (tertiary alicyclic amines) is 1. The van der Waals surface area contributed by atoms with Crippen molar-refractivity contribution in [1.82, 2.24) is 9.80 Å². The number of rotatable bonds is 6. The molecule has 2 aliphatic heterocycles. The number of anilines is 1. The van der Waals surface area contributed by atoms with E-state index < -0.39 is 0 Å². The zero-order valence-corrected chi connectivity index (χ0v) is 14.5. The lowest BCUT2D eigenvalue weighted by molar-refractivity contribution is -0.119. The summed E-state index contributed by atoms with van der Waals surface area (Å²) in [6.45, 7) is 6.71. The second-order valence-electron chi connectivity index (χ2n) is 6.92. The van der Waals surface area contributed by atoms with Gasteiger partial charge in [-0.3, -0.25) is 19.3 Å². The summed E-state index contributed by atoms with van der Waals surface area (Å²) in [6.07, 6.45) is 4.61. The van der Waals surface area contributed by atoms with Gasteiger partial charge in [0.2, 0.25) is 6.41 Å². The summed E-state index contributed by atoms with van der Waals surface area (Å²) in [5.41, 5.74) is 1.91. The molecule has 0 bridgehead atoms. The van der Waals surface area contributed by atoms with E-state index in [-0.39, 0.29) is 0 Å². The van der Waals surface area contributed by atoms with Crippen LogP contribution in [0.15, 0.2) is 18.2 Å². The van der Waals surface area contributed by atoms with Crippen LogP contribution >= 0.6 is 0 Å². The molecule has 0 N–H and O–H groups in total. The minimum absolute atomic E-state index is 0.444. The van der Waals surface area contributed by atoms with Crippen LogP contribution in [0.3, 0.4) is 0 Å². The molecule has 2 saturated heterocycles. The Hall–Kier alpha value is -2.21. The highest BCUT2D eigenvalue weighted by Crippen LogP contribution is 2.22. The molecule has 3 rings (SSSR count). The number of benzene rings is 1. The molecular weight excluding hydrogens is 318 g/mol. The number of aldehydes is 2. The first-order chi connectivity index (χ1) is 12.2. The fourth-order valence-electron chi connectivity index (χ4n) is 3.76. The second kappa shape index (κ2) is 8.25. The van der Waals surface area contributed by atoms with Gasteiger partial charge in [0.05, 0.1) is 0 Å². The maximum atomic E-state index is 11.1. The first-order valence-electron chi connectivity index (χ1n) is 8.94. The van der Waals surface area contributed by atoms with Crippen LogP contribution in [0.2, 0.25) is 0 Å². The number of hydrogen-bond acceptors (Lipinski definition) is 5. The quantitative estimate of drug-likeness (QED) is 0.729. The Kier molecular flexibility index (Phi) is 5.81. The van der Waals surface area contributed by atoms with E-state index in [1.54, 1.807) is 6.07 Å². The van der Waals surface area contributed by atoms with Crippen LogP contribution in [0.5, 0.6) is 0 Å². The standard InChI is InChI=1S/C19H25N3O3/c23-13-17-1-2-19(11-18(17)14-24)22-9-7-20(8-10-22)12-16-3-5-21(15-25)6-4-16/h1-2,11,13-16H,3-10,12H2. The number of hydrogen-bond donors (Lipinski definition) is 0. The zero-order valence-electron chi connectivity index (χ0n) is 14.5. The molecule has 1 amide bonds. The van der Waals surface area contributed by atoms with Crippen LogP contribution in [-0.2, 0) is 4.79 Å². The van der Waals surface area contributed by atoms with Gasteiger partial charge in [-0.1, -0.05) is 0 Å². The van der Waals surface area contributed by atoms with Crippen LogP contribution in [0.1, 0.15) is 33.6 Å². The first kappa shape index (κ1) is 17.6. The Morgan fingerprint density at radius 2 is 1.56 bits per heavy atom. The van der Waals surface area contributed by atoms with E-state index in [4.69, 9.17) is 0 Å². The lowest BCUT2D eigenvalue weighted by Crippen LogP contribution is -2.48. The average Bonchev–Trinajstić information content (AvgIpc) is 2.68. The molecule has 1 aromatic rings. The van der Waals surface area contributed by atoms with Crippen molar-refractivity contribution in [3.05, 3.63) is 29.3 Å². The Labute approximate surface area is 148 Å². The number of piperidine rings is 1. The van der Waals surface area contributed by atoms with Gasteiger partial charge in [0.25, 0.3) is 0 Å². The molecule has 0 spiro atoms. The second-order valence-corrected chi connectivity index (χ2v) is 6.92. The molecule has 0 atom stereocenters. The largest absolute Gasteiger partial charge is 0.369 e. The molecule has 2 aliphatic rings. The summed E-state index contributed by atoms with van der Waals surface area (Å²) in [6, 6.07) is 5.45. The van der Waals surface area contributed by atoms with Gasteiger partial charge in [-0.2, -0.15) is 0 Å². The number of piperazine rings is 1. The number of carbonyl (C=O) groups is 3. The highest BCUT2D eigenvalue weighted by Gasteiger charge is 2.23. The normalized spacial score (nSPS) is 19.7. The molecule has 134 valence electrons. The molecule has 0 aliphatic carbocycles. The summed E-state index contributed by atoms with van der Waals surface area (Å²) >= 11 is 0. The van der Waals surface area contributed by atoms with Crippen LogP contribution in [-0.4, -0.2) is 74.6 Å². The molecule has 25 heavy (non-hydrogen) atoms. The fraction of sp³-hybridized carbons (Fsp3) is 0.526. The average molecular weight is 343 g/mol. The maximum Gasteiger partial charge on any atom is 0.209 e. The maximum absolute atomic E-state index is 11.1. The van der Waals surface area contributed by atoms with E-state index in [1.165, 1.54) is 0 Å². The first-order valence-corrected chi connectivity index (χ1v) is 8.94. The summed E-state index contributed by atoms with van der Waals surface area (Å²) < 4.78 is 0. The zero-order chi connectivity index (χ0) is 17.6. The number of carbonyl (C=O) groups excluding carboxylic acids is 3. The van der Waals surface area contributed by atoms with E-state index in [0.29, 0.717) is 17.0 Å². The number of amides is 1. The Morgan fingerprint density at radius 3 is 2.16 bits per heavy atom. The minimum Gasteiger partial charge on any atom is -0.369 e. The summed E-state index contributed by atoms with van der Waals surface area (Å²) in [4.78, 5) is 39.5. The van der Waals surface area contributed by atoms with Gasteiger partial charge in [0.15, 0.2) is 12.6 Å². The Morgan fingerprint density at radius 1 is 0.880 bits per heavy atom. The predicted molar refractivity (Wildman–Crippen MR) is 96.2 cm³/mol. The summed E-state index contributed by atoms with van der Waals surface area (Å²) in [5, 5.41) is 0. The van der Waals surface area contributed by atoms with Gasteiger partial charge >= 0.3 is 0 Å². The molecule has 6 heteroatoms. The molecule has 2 heterocycles. The van der Waals surface area contributed by atoms with E-state index in [1.807, 2.05) is 17.0 Å². The smallest absolute Gasteiger partial charge is 0.209 e. The Bertz CT molecular complexity index is 618. The molecule has 0 saturated carbocycles. The predicted octanol–water partition coefficient (Wildman–Crippen LogP) is 1.30. The lowest BCUT2D eigenvalue weighted by atomic mass is 9.96. The highest BCUT2D eigenvalue weighted by atomic mass is 16.1. The van der Waals surface area contributed by atoms with Crippen LogP contribution in [0.4, 0.5) is 5.69 Å². The van der Waals surface area contributed by atoms with E-state index in [2.05, 4.69) is 9.80 Å². The topological polar surface area (TPSA) is 60.9 Å². The third kappa shape index (κ3) is 4.25. The van der Waals surface area contributed by atoms with Crippen molar-refractivity contribution in [3.63, 3.8) is 0 Å². The van der Waals surface area contributed by atoms with Crippen molar-refractivity contribution in [3.8, 4) is 0 Å². The molecule has 0 aromatic heterocycles. The van der Waals surface area contributed by atoms with Gasteiger partial charge in [0, 0.05) is 62.6 Å². The third-order valence-electron chi connectivity index (χ3n) is 5.38. The molecule has 0 unspecified atom stereocenters. The third-order valence-corrected chi connectivity index (χ3v) is 5.38. The molecular formula is C19H25N3O3. The van der Waals surface area contributed by atoms with Gasteiger partial charge in [-0.05, 0) is 37.0 Å². The van der Waals surface area contributed by atoms with E-state index >= 15 is 0 Å². The highest BCUT2D eigenvalue weighted by molar-refractivity contribution is 5.91. The van der Waals surface area contributed by atoms with Crippen molar-refractivity contribution < 1.29 is 14.4 Å². The monoisotopic (exact) mass is 343 g/mol. The van der Waals surface area contributed by atoms with Gasteiger partial charge < -0.3 is 9.80 Å². The van der Waals surface area contributed by atoms with Gasteiger partial charge in [-0.15, -0.1) is 0 Å². The van der Waals surface area contributed by atoms with Crippen molar-refractivity contribution in [2.75, 3.05) is 50.7 Å². The molecule has 2 fully saturated rings. The van der Waals surface area contributed by atoms with Crippen LogP contribution in [0, 0.1) is 5.92 Å². The molecule has 1 aromatic carbocycles. The van der Waals surface area contributed by atoms with Crippen molar-refractivity contribution in [2.45, 2.75) is 12.8 Å². The minimum atomic E-state index is 0.444. The van der Waals surface area contributed by atoms with Crippen LogP contribution < -0.4 is 4.90 Å². The van der Waals surface area contributed by atoms with Crippen molar-refractivity contribution in [1.29, 1.82) is 0 Å². The van der Waals surface area contributed by atoms with Crippen molar-refractivity contribution in [2.24, 2.45) is 5.92 Å². The van der Waals surface area contributed by atoms with E-state index in [0.717, 1.165) is 83.3 Å². The van der Waals surface area contributed by atoms with Crippen LogP contribution in [0.25, 0.3) is 0 Å². The summed E-state index contributed by atoms with van der Waals surface area (Å²) in [7, 11) is 0. The Balaban J connectivity index is 1.51. The lowest BCUT2D eigenvalue weighted by Gasteiger charge is -2.39. The molecule has 6 nitrogen and oxygen atoms in total.